The van der Waals surface area contributed by atoms with Gasteiger partial charge in [-0.05, 0) is 41.0 Å². The average molecular weight is 306 g/mol. The highest BCUT2D eigenvalue weighted by molar-refractivity contribution is 7.90. The molecule has 110 valence electrons. The summed E-state index contributed by atoms with van der Waals surface area (Å²) in [5.74, 6) is 1.23. The zero-order chi connectivity index (χ0) is 15.0. The molecular formula is C15H14O5S. The molecule has 0 aromatic heterocycles. The van der Waals surface area contributed by atoms with Crippen molar-refractivity contribution < 1.29 is 23.0 Å². The summed E-state index contributed by atoms with van der Waals surface area (Å²) in [6.45, 7) is 0.0243. The van der Waals surface area contributed by atoms with Crippen molar-refractivity contribution in [2.24, 2.45) is 0 Å². The molecular weight excluding hydrogens is 292 g/mol. The second-order valence-corrected chi connectivity index (χ2v) is 6.83. The molecule has 0 amide bonds. The Bertz CT molecular complexity index is 778. The molecule has 0 atom stereocenters. The molecule has 5 nitrogen and oxygen atoms in total. The SMILES string of the molecule is CS(=O)(=O)c1ccc(-c2cc3c(cc2CO)OCO3)cc1. The van der Waals surface area contributed by atoms with Gasteiger partial charge in [-0.1, -0.05) is 12.1 Å². The fraction of sp³-hybridized carbons (Fsp3) is 0.200. The summed E-state index contributed by atoms with van der Waals surface area (Å²) in [5.41, 5.74) is 2.30. The highest BCUT2D eigenvalue weighted by Gasteiger charge is 2.18. The van der Waals surface area contributed by atoms with E-state index in [1.165, 1.54) is 6.26 Å². The van der Waals surface area contributed by atoms with Crippen molar-refractivity contribution in [3.63, 3.8) is 0 Å². The smallest absolute Gasteiger partial charge is 0.231 e. The Morgan fingerprint density at radius 1 is 1.10 bits per heavy atom. The molecule has 0 bridgehead atoms. The lowest BCUT2D eigenvalue weighted by atomic mass is 9.99. The quantitative estimate of drug-likeness (QED) is 0.938. The van der Waals surface area contributed by atoms with E-state index in [9.17, 15) is 13.5 Å². The molecule has 1 aliphatic rings. The molecule has 0 aliphatic carbocycles. The molecule has 2 aromatic carbocycles. The number of aliphatic hydroxyl groups is 1. The lowest BCUT2D eigenvalue weighted by molar-refractivity contribution is 0.174. The van der Waals surface area contributed by atoms with Gasteiger partial charge >= 0.3 is 0 Å². The van der Waals surface area contributed by atoms with Crippen LogP contribution in [0, 0.1) is 0 Å². The van der Waals surface area contributed by atoms with Crippen LogP contribution in [0.4, 0.5) is 0 Å². The Kier molecular flexibility index (Phi) is 3.35. The summed E-state index contributed by atoms with van der Waals surface area (Å²) in [7, 11) is -3.22. The number of rotatable bonds is 3. The molecule has 6 heteroatoms. The summed E-state index contributed by atoms with van der Waals surface area (Å²) < 4.78 is 33.6. The van der Waals surface area contributed by atoms with Crippen molar-refractivity contribution in [3.05, 3.63) is 42.0 Å². The Hall–Kier alpha value is -2.05. The monoisotopic (exact) mass is 306 g/mol. The van der Waals surface area contributed by atoms with Crippen LogP contribution in [-0.4, -0.2) is 26.6 Å². The largest absolute Gasteiger partial charge is 0.454 e. The summed E-state index contributed by atoms with van der Waals surface area (Å²) in [4.78, 5) is 0.262. The summed E-state index contributed by atoms with van der Waals surface area (Å²) in [6.07, 6.45) is 1.17. The van der Waals surface area contributed by atoms with Gasteiger partial charge in [-0.3, -0.25) is 0 Å². The maximum absolute atomic E-state index is 11.5. The first kappa shape index (κ1) is 13.9. The Balaban J connectivity index is 2.08. The second-order valence-electron chi connectivity index (χ2n) is 4.82. The lowest BCUT2D eigenvalue weighted by Gasteiger charge is -2.10. The van der Waals surface area contributed by atoms with Crippen LogP contribution in [0.15, 0.2) is 41.3 Å². The number of aliphatic hydroxyl groups excluding tert-OH is 1. The Morgan fingerprint density at radius 2 is 1.71 bits per heavy atom. The van der Waals surface area contributed by atoms with Crippen molar-refractivity contribution in [1.29, 1.82) is 0 Å². The first-order valence-corrected chi connectivity index (χ1v) is 8.22. The molecule has 3 rings (SSSR count). The van der Waals surface area contributed by atoms with Gasteiger partial charge in [0.1, 0.15) is 0 Å². The fourth-order valence-electron chi connectivity index (χ4n) is 2.27. The molecule has 0 fully saturated rings. The number of hydrogen-bond donors (Lipinski definition) is 1. The van der Waals surface area contributed by atoms with Crippen molar-refractivity contribution in [2.75, 3.05) is 13.0 Å². The summed E-state index contributed by atoms with van der Waals surface area (Å²) in [6, 6.07) is 10.1. The van der Waals surface area contributed by atoms with Gasteiger partial charge in [-0.15, -0.1) is 0 Å². The van der Waals surface area contributed by atoms with E-state index < -0.39 is 9.84 Å². The summed E-state index contributed by atoms with van der Waals surface area (Å²) >= 11 is 0. The van der Waals surface area contributed by atoms with E-state index in [1.54, 1.807) is 36.4 Å². The average Bonchev–Trinajstić information content (AvgIpc) is 2.92. The number of hydrogen-bond acceptors (Lipinski definition) is 5. The highest BCUT2D eigenvalue weighted by Crippen LogP contribution is 2.38. The topological polar surface area (TPSA) is 72.8 Å². The molecule has 2 aromatic rings. The number of ether oxygens (including phenoxy) is 2. The Labute approximate surface area is 122 Å². The maximum Gasteiger partial charge on any atom is 0.231 e. The van der Waals surface area contributed by atoms with E-state index in [2.05, 4.69) is 0 Å². The molecule has 0 saturated heterocycles. The summed E-state index contributed by atoms with van der Waals surface area (Å²) in [5, 5.41) is 9.50. The van der Waals surface area contributed by atoms with E-state index in [0.717, 1.165) is 11.1 Å². The first-order chi connectivity index (χ1) is 9.99. The second kappa shape index (κ2) is 5.05. The van der Waals surface area contributed by atoms with E-state index in [-0.39, 0.29) is 18.3 Å². The van der Waals surface area contributed by atoms with Gasteiger partial charge in [0.05, 0.1) is 11.5 Å². The predicted molar refractivity (Wildman–Crippen MR) is 77.0 cm³/mol. The third-order valence-corrected chi connectivity index (χ3v) is 4.49. The third kappa shape index (κ3) is 2.59. The predicted octanol–water partition coefficient (Wildman–Crippen LogP) is 1.98. The normalized spacial score (nSPS) is 13.4. The molecule has 0 saturated carbocycles. The van der Waals surface area contributed by atoms with E-state index in [1.807, 2.05) is 0 Å². The zero-order valence-corrected chi connectivity index (χ0v) is 12.2. The molecule has 1 heterocycles. The minimum atomic E-state index is -3.22. The van der Waals surface area contributed by atoms with Crippen LogP contribution in [0.25, 0.3) is 11.1 Å². The molecule has 1 aliphatic heterocycles. The van der Waals surface area contributed by atoms with Crippen LogP contribution in [0.3, 0.4) is 0 Å². The van der Waals surface area contributed by atoms with Gasteiger partial charge in [-0.25, -0.2) is 8.42 Å². The van der Waals surface area contributed by atoms with Crippen LogP contribution < -0.4 is 9.47 Å². The van der Waals surface area contributed by atoms with Gasteiger partial charge in [0.2, 0.25) is 6.79 Å². The van der Waals surface area contributed by atoms with Crippen molar-refractivity contribution in [3.8, 4) is 22.6 Å². The number of fused-ring (bicyclic) bond motifs is 1. The highest BCUT2D eigenvalue weighted by atomic mass is 32.2. The van der Waals surface area contributed by atoms with Gasteiger partial charge in [0, 0.05) is 6.26 Å². The maximum atomic E-state index is 11.5. The van der Waals surface area contributed by atoms with Crippen LogP contribution in [0.2, 0.25) is 0 Å². The van der Waals surface area contributed by atoms with Crippen molar-refractivity contribution in [2.45, 2.75) is 11.5 Å². The molecule has 21 heavy (non-hydrogen) atoms. The number of benzene rings is 2. The van der Waals surface area contributed by atoms with E-state index >= 15 is 0 Å². The van der Waals surface area contributed by atoms with Crippen LogP contribution >= 0.6 is 0 Å². The molecule has 0 spiro atoms. The third-order valence-electron chi connectivity index (χ3n) is 3.36. The minimum absolute atomic E-state index is 0.139. The Morgan fingerprint density at radius 3 is 2.29 bits per heavy atom. The fourth-order valence-corrected chi connectivity index (χ4v) is 2.90. The van der Waals surface area contributed by atoms with Gasteiger partial charge < -0.3 is 14.6 Å². The van der Waals surface area contributed by atoms with E-state index in [4.69, 9.17) is 9.47 Å². The molecule has 1 N–H and O–H groups in total. The van der Waals surface area contributed by atoms with Gasteiger partial charge in [0.25, 0.3) is 0 Å². The standard InChI is InChI=1S/C15H14O5S/c1-21(17,18)12-4-2-10(3-5-12)13-7-15-14(19-9-20-15)6-11(13)8-16/h2-7,16H,8-9H2,1H3. The van der Waals surface area contributed by atoms with E-state index in [0.29, 0.717) is 17.1 Å². The first-order valence-electron chi connectivity index (χ1n) is 6.33. The van der Waals surface area contributed by atoms with Crippen LogP contribution in [0.1, 0.15) is 5.56 Å². The van der Waals surface area contributed by atoms with Crippen molar-refractivity contribution >= 4 is 9.84 Å². The van der Waals surface area contributed by atoms with Gasteiger partial charge in [-0.2, -0.15) is 0 Å². The molecule has 0 unspecified atom stereocenters. The van der Waals surface area contributed by atoms with Crippen molar-refractivity contribution in [1.82, 2.24) is 0 Å². The van der Waals surface area contributed by atoms with Gasteiger partial charge in [0.15, 0.2) is 21.3 Å². The van der Waals surface area contributed by atoms with Crippen LogP contribution in [-0.2, 0) is 16.4 Å². The number of sulfone groups is 1. The zero-order valence-electron chi connectivity index (χ0n) is 11.4. The lowest BCUT2D eigenvalue weighted by Crippen LogP contribution is -1.97. The minimum Gasteiger partial charge on any atom is -0.454 e. The van der Waals surface area contributed by atoms with Crippen LogP contribution in [0.5, 0.6) is 11.5 Å². The molecule has 0 radical (unpaired) electrons.